The van der Waals surface area contributed by atoms with E-state index in [2.05, 4.69) is 19.9 Å². The number of nitrogens with two attached hydrogens (primary N) is 1. The number of aryl methyl sites for hydroxylation is 1. The number of fused-ring (bicyclic) bond motifs is 1. The summed E-state index contributed by atoms with van der Waals surface area (Å²) in [5, 5.41) is 0. The molecule has 32 heavy (non-hydrogen) atoms. The van der Waals surface area contributed by atoms with Crippen LogP contribution in [0.1, 0.15) is 23.6 Å². The predicted molar refractivity (Wildman–Crippen MR) is 116 cm³/mol. The Morgan fingerprint density at radius 3 is 2.84 bits per heavy atom. The van der Waals surface area contributed by atoms with Gasteiger partial charge in [0.05, 0.1) is 43.4 Å². The van der Waals surface area contributed by atoms with E-state index in [0.717, 1.165) is 24.5 Å². The molecule has 1 saturated heterocycles. The van der Waals surface area contributed by atoms with Crippen molar-refractivity contribution in [3.05, 3.63) is 64.0 Å². The average molecular weight is 434 g/mol. The van der Waals surface area contributed by atoms with Crippen molar-refractivity contribution in [1.82, 2.24) is 24.5 Å². The van der Waals surface area contributed by atoms with Crippen molar-refractivity contribution in [3.8, 4) is 11.5 Å². The Morgan fingerprint density at radius 2 is 2.06 bits per heavy atom. The molecule has 1 atom stereocenters. The summed E-state index contributed by atoms with van der Waals surface area (Å²) in [6.45, 7) is 3.75. The van der Waals surface area contributed by atoms with Gasteiger partial charge in [-0.2, -0.15) is 4.98 Å². The zero-order valence-electron chi connectivity index (χ0n) is 17.5. The number of anilines is 1. The summed E-state index contributed by atoms with van der Waals surface area (Å²) in [4.78, 5) is 30.2. The number of pyridine rings is 1. The first-order chi connectivity index (χ1) is 15.6. The van der Waals surface area contributed by atoms with E-state index in [-0.39, 0.29) is 24.2 Å². The molecule has 1 aliphatic heterocycles. The van der Waals surface area contributed by atoms with Crippen LogP contribution in [0.2, 0.25) is 0 Å². The highest BCUT2D eigenvalue weighted by Gasteiger charge is 2.18. The van der Waals surface area contributed by atoms with Gasteiger partial charge in [0.1, 0.15) is 17.0 Å². The number of hydrogen-bond donors (Lipinski definition) is 1. The van der Waals surface area contributed by atoms with E-state index in [1.165, 1.54) is 10.8 Å². The van der Waals surface area contributed by atoms with Gasteiger partial charge in [0.25, 0.3) is 5.56 Å². The van der Waals surface area contributed by atoms with Gasteiger partial charge >= 0.3 is 0 Å². The molecule has 0 aliphatic carbocycles. The maximum Gasteiger partial charge on any atom is 0.271 e. The number of rotatable bonds is 6. The smallest absolute Gasteiger partial charge is 0.271 e. The van der Waals surface area contributed by atoms with Crippen molar-refractivity contribution < 1.29 is 13.9 Å². The summed E-state index contributed by atoms with van der Waals surface area (Å²) in [7, 11) is 0. The van der Waals surface area contributed by atoms with E-state index in [4.69, 9.17) is 19.6 Å². The summed E-state index contributed by atoms with van der Waals surface area (Å²) in [5.41, 5.74) is 8.29. The second-order valence-corrected chi connectivity index (χ2v) is 7.61. The molecular weight excluding hydrogens is 412 g/mol. The molecule has 10 heteroatoms. The summed E-state index contributed by atoms with van der Waals surface area (Å²) < 4.78 is 18.4. The second kappa shape index (κ2) is 8.48. The number of aromatic nitrogens is 5. The molecule has 4 aromatic heterocycles. The molecule has 2 N–H and O–H groups in total. The second-order valence-electron chi connectivity index (χ2n) is 7.61. The van der Waals surface area contributed by atoms with Gasteiger partial charge in [-0.3, -0.25) is 14.3 Å². The van der Waals surface area contributed by atoms with Crippen LogP contribution in [0.5, 0.6) is 0 Å². The Balaban J connectivity index is 1.49. The van der Waals surface area contributed by atoms with Gasteiger partial charge in [0.15, 0.2) is 11.4 Å². The van der Waals surface area contributed by atoms with E-state index in [1.54, 1.807) is 6.07 Å². The van der Waals surface area contributed by atoms with E-state index in [9.17, 15) is 4.79 Å². The third-order valence-corrected chi connectivity index (χ3v) is 5.22. The Labute approximate surface area is 183 Å². The lowest BCUT2D eigenvalue weighted by molar-refractivity contribution is 0.0301. The van der Waals surface area contributed by atoms with E-state index >= 15 is 0 Å². The van der Waals surface area contributed by atoms with Crippen molar-refractivity contribution in [2.45, 2.75) is 32.6 Å². The summed E-state index contributed by atoms with van der Waals surface area (Å²) in [5.74, 6) is 1.26. The van der Waals surface area contributed by atoms with Crippen LogP contribution in [0.4, 0.5) is 5.95 Å². The maximum absolute atomic E-state index is 12.7. The van der Waals surface area contributed by atoms with Gasteiger partial charge in [-0.15, -0.1) is 0 Å². The molecule has 0 bridgehead atoms. The largest absolute Gasteiger partial charge is 0.460 e. The molecule has 5 rings (SSSR count). The topological polar surface area (TPSA) is 131 Å². The van der Waals surface area contributed by atoms with Crippen molar-refractivity contribution >= 4 is 17.1 Å². The quantitative estimate of drug-likeness (QED) is 0.484. The van der Waals surface area contributed by atoms with Crippen LogP contribution in [0.15, 0.2) is 45.7 Å². The fourth-order valence-electron chi connectivity index (χ4n) is 3.65. The van der Waals surface area contributed by atoms with Crippen LogP contribution >= 0.6 is 0 Å². The first-order valence-corrected chi connectivity index (χ1v) is 10.3. The lowest BCUT2D eigenvalue weighted by atomic mass is 10.2. The predicted octanol–water partition coefficient (Wildman–Crippen LogP) is 2.09. The summed E-state index contributed by atoms with van der Waals surface area (Å²) in [6.07, 6.45) is 2.22. The standard InChI is InChI=1S/C22H22N6O4/c1-13-5-6-17(32-13)19-20-21(27-22(23)26-19)28(18(29)9-24-20)10-14-3-2-4-15(25-14)11-31-16-7-8-30-12-16/h2-6,9,16H,7-8,10-12H2,1H3,(H2,23,26,27)/t16-/m0/s1. The van der Waals surface area contributed by atoms with Crippen molar-refractivity contribution in [2.75, 3.05) is 18.9 Å². The highest BCUT2D eigenvalue weighted by Crippen LogP contribution is 2.26. The lowest BCUT2D eigenvalue weighted by Crippen LogP contribution is -2.23. The minimum atomic E-state index is -0.316. The van der Waals surface area contributed by atoms with Crippen LogP contribution in [-0.2, 0) is 22.6 Å². The fraction of sp³-hybridized carbons (Fsp3) is 0.318. The molecule has 0 radical (unpaired) electrons. The number of hydrogen-bond acceptors (Lipinski definition) is 9. The lowest BCUT2D eigenvalue weighted by Gasteiger charge is -2.12. The minimum Gasteiger partial charge on any atom is -0.460 e. The molecule has 0 unspecified atom stereocenters. The maximum atomic E-state index is 12.7. The number of nitrogens with zero attached hydrogens (tertiary/aromatic N) is 5. The highest BCUT2D eigenvalue weighted by atomic mass is 16.5. The molecular formula is C22H22N6O4. The Kier molecular flexibility index (Phi) is 5.38. The molecule has 5 heterocycles. The first kappa shape index (κ1) is 20.3. The number of nitrogen functional groups attached to an aromatic ring is 1. The van der Waals surface area contributed by atoms with Crippen molar-refractivity contribution in [3.63, 3.8) is 0 Å². The van der Waals surface area contributed by atoms with Crippen molar-refractivity contribution in [1.29, 1.82) is 0 Å². The molecule has 10 nitrogen and oxygen atoms in total. The Hall–Kier alpha value is -3.63. The van der Waals surface area contributed by atoms with Crippen LogP contribution in [-0.4, -0.2) is 43.8 Å². The Bertz CT molecular complexity index is 1330. The molecule has 0 spiro atoms. The van der Waals surface area contributed by atoms with Gasteiger partial charge in [-0.1, -0.05) is 6.07 Å². The minimum absolute atomic E-state index is 0.0246. The van der Waals surface area contributed by atoms with E-state index < -0.39 is 0 Å². The molecule has 1 aliphatic rings. The van der Waals surface area contributed by atoms with E-state index in [1.807, 2.05) is 31.2 Å². The van der Waals surface area contributed by atoms with Crippen LogP contribution in [0.25, 0.3) is 22.6 Å². The molecule has 164 valence electrons. The SMILES string of the molecule is Cc1ccc(-c2nc(N)nc3c2ncc(=O)n3Cc2cccc(CO[C@H]3CCOC3)n2)o1. The molecule has 0 amide bonds. The zero-order chi connectivity index (χ0) is 22.1. The number of furan rings is 1. The zero-order valence-corrected chi connectivity index (χ0v) is 17.5. The molecule has 0 saturated carbocycles. The number of ether oxygens (including phenoxy) is 2. The van der Waals surface area contributed by atoms with Crippen LogP contribution < -0.4 is 11.3 Å². The summed E-state index contributed by atoms with van der Waals surface area (Å²) in [6, 6.07) is 9.24. The summed E-state index contributed by atoms with van der Waals surface area (Å²) >= 11 is 0. The van der Waals surface area contributed by atoms with Gasteiger partial charge in [-0.25, -0.2) is 9.97 Å². The molecule has 1 fully saturated rings. The highest BCUT2D eigenvalue weighted by molar-refractivity contribution is 5.86. The third-order valence-electron chi connectivity index (χ3n) is 5.22. The van der Waals surface area contributed by atoms with Crippen LogP contribution in [0, 0.1) is 6.92 Å². The molecule has 4 aromatic rings. The van der Waals surface area contributed by atoms with Crippen LogP contribution in [0.3, 0.4) is 0 Å². The van der Waals surface area contributed by atoms with E-state index in [0.29, 0.717) is 41.5 Å². The van der Waals surface area contributed by atoms with Gasteiger partial charge < -0.3 is 19.6 Å². The third kappa shape index (κ3) is 4.10. The first-order valence-electron chi connectivity index (χ1n) is 10.3. The Morgan fingerprint density at radius 1 is 1.19 bits per heavy atom. The molecule has 0 aromatic carbocycles. The van der Waals surface area contributed by atoms with Gasteiger partial charge in [0.2, 0.25) is 5.95 Å². The van der Waals surface area contributed by atoms with Gasteiger partial charge in [0, 0.05) is 6.61 Å². The van der Waals surface area contributed by atoms with Crippen molar-refractivity contribution in [2.24, 2.45) is 0 Å². The normalized spacial score (nSPS) is 16.1. The fourth-order valence-corrected chi connectivity index (χ4v) is 3.65. The average Bonchev–Trinajstić information content (AvgIpc) is 3.46. The monoisotopic (exact) mass is 434 g/mol. The van der Waals surface area contributed by atoms with Gasteiger partial charge in [-0.05, 0) is 37.6 Å².